The third-order valence-corrected chi connectivity index (χ3v) is 3.40. The molecule has 0 aliphatic rings. The van der Waals surface area contributed by atoms with E-state index in [0.717, 1.165) is 22.6 Å². The lowest BCUT2D eigenvalue weighted by Crippen LogP contribution is -2.15. The molecule has 0 saturated heterocycles. The number of aliphatic hydroxyl groups is 1. The van der Waals surface area contributed by atoms with E-state index in [9.17, 15) is 5.11 Å². The second-order valence-corrected chi connectivity index (χ2v) is 4.97. The van der Waals surface area contributed by atoms with Crippen molar-refractivity contribution in [3.63, 3.8) is 0 Å². The van der Waals surface area contributed by atoms with Gasteiger partial charge in [0, 0.05) is 5.69 Å². The third kappa shape index (κ3) is 3.31. The standard InChI is InChI=1S/C17H21NO2/c1-12-4-7-15(8-5-12)18-16(11-19)14-6-9-17(20-3)13(2)10-14/h4-10,16,18-19H,11H2,1-3H3. The van der Waals surface area contributed by atoms with Gasteiger partial charge in [0.05, 0.1) is 19.8 Å². The number of methoxy groups -OCH3 is 1. The molecule has 2 N–H and O–H groups in total. The Bertz CT molecular complexity index is 564. The molecular weight excluding hydrogens is 250 g/mol. The van der Waals surface area contributed by atoms with E-state index in [1.807, 2.05) is 37.3 Å². The Morgan fingerprint density at radius 3 is 2.35 bits per heavy atom. The minimum atomic E-state index is -0.123. The second kappa shape index (κ2) is 6.44. The van der Waals surface area contributed by atoms with Crippen LogP contribution < -0.4 is 10.1 Å². The van der Waals surface area contributed by atoms with Gasteiger partial charge in [-0.15, -0.1) is 0 Å². The molecule has 2 aromatic rings. The van der Waals surface area contributed by atoms with Gasteiger partial charge in [-0.1, -0.05) is 29.8 Å². The van der Waals surface area contributed by atoms with Crippen LogP contribution in [0.2, 0.25) is 0 Å². The Balaban J connectivity index is 2.19. The van der Waals surface area contributed by atoms with Crippen LogP contribution in [-0.2, 0) is 0 Å². The Labute approximate surface area is 120 Å². The van der Waals surface area contributed by atoms with E-state index in [2.05, 4.69) is 24.4 Å². The van der Waals surface area contributed by atoms with Gasteiger partial charge in [0.25, 0.3) is 0 Å². The monoisotopic (exact) mass is 271 g/mol. The van der Waals surface area contributed by atoms with Gasteiger partial charge in [-0.05, 0) is 43.2 Å². The van der Waals surface area contributed by atoms with Gasteiger partial charge in [0.1, 0.15) is 5.75 Å². The molecule has 2 rings (SSSR count). The molecule has 3 heteroatoms. The summed E-state index contributed by atoms with van der Waals surface area (Å²) in [5, 5.41) is 13.0. The number of hydrogen-bond donors (Lipinski definition) is 2. The number of nitrogens with one attached hydrogen (secondary N) is 1. The summed E-state index contributed by atoms with van der Waals surface area (Å²) in [7, 11) is 1.66. The summed E-state index contributed by atoms with van der Waals surface area (Å²) in [5.74, 6) is 0.862. The first-order chi connectivity index (χ1) is 9.63. The molecule has 2 aromatic carbocycles. The highest BCUT2D eigenvalue weighted by molar-refractivity contribution is 5.48. The first-order valence-corrected chi connectivity index (χ1v) is 6.72. The predicted octanol–water partition coefficient (Wildman–Crippen LogP) is 3.46. The van der Waals surface area contributed by atoms with Crippen LogP contribution in [0.4, 0.5) is 5.69 Å². The quantitative estimate of drug-likeness (QED) is 0.875. The molecule has 1 unspecified atom stereocenters. The van der Waals surface area contributed by atoms with E-state index in [1.54, 1.807) is 7.11 Å². The molecule has 0 heterocycles. The zero-order valence-electron chi connectivity index (χ0n) is 12.2. The highest BCUT2D eigenvalue weighted by Gasteiger charge is 2.11. The van der Waals surface area contributed by atoms with Gasteiger partial charge in [0.2, 0.25) is 0 Å². The molecule has 106 valence electrons. The number of hydrogen-bond acceptors (Lipinski definition) is 3. The molecule has 0 bridgehead atoms. The maximum absolute atomic E-state index is 9.62. The number of rotatable bonds is 5. The molecule has 0 aliphatic heterocycles. The summed E-state index contributed by atoms with van der Waals surface area (Å²) >= 11 is 0. The summed E-state index contributed by atoms with van der Waals surface area (Å²) in [6.07, 6.45) is 0. The first kappa shape index (κ1) is 14.4. The van der Waals surface area contributed by atoms with Crippen molar-refractivity contribution in [2.24, 2.45) is 0 Å². The molecule has 1 atom stereocenters. The fraction of sp³-hybridized carbons (Fsp3) is 0.294. The largest absolute Gasteiger partial charge is 0.496 e. The molecule has 0 aromatic heterocycles. The summed E-state index contributed by atoms with van der Waals surface area (Å²) in [6, 6.07) is 14.0. The Morgan fingerprint density at radius 2 is 1.80 bits per heavy atom. The van der Waals surface area contributed by atoms with Gasteiger partial charge in [-0.2, -0.15) is 0 Å². The second-order valence-electron chi connectivity index (χ2n) is 4.97. The van der Waals surface area contributed by atoms with Crippen LogP contribution in [-0.4, -0.2) is 18.8 Å². The van der Waals surface area contributed by atoms with Crippen LogP contribution >= 0.6 is 0 Å². The lowest BCUT2D eigenvalue weighted by molar-refractivity contribution is 0.276. The van der Waals surface area contributed by atoms with Crippen LogP contribution in [0.5, 0.6) is 5.75 Å². The highest BCUT2D eigenvalue weighted by atomic mass is 16.5. The normalized spacial score (nSPS) is 12.0. The Kier molecular flexibility index (Phi) is 4.64. The van der Waals surface area contributed by atoms with Gasteiger partial charge in [-0.25, -0.2) is 0 Å². The molecular formula is C17H21NO2. The summed E-state index contributed by atoms with van der Waals surface area (Å²) in [4.78, 5) is 0. The first-order valence-electron chi connectivity index (χ1n) is 6.72. The van der Waals surface area contributed by atoms with Crippen molar-refractivity contribution < 1.29 is 9.84 Å². The smallest absolute Gasteiger partial charge is 0.121 e. The van der Waals surface area contributed by atoms with Crippen LogP contribution in [0.25, 0.3) is 0 Å². The van der Waals surface area contributed by atoms with E-state index < -0.39 is 0 Å². The predicted molar refractivity (Wildman–Crippen MR) is 82.4 cm³/mol. The molecule has 0 fully saturated rings. The van der Waals surface area contributed by atoms with Gasteiger partial charge in [0.15, 0.2) is 0 Å². The van der Waals surface area contributed by atoms with Crippen molar-refractivity contribution >= 4 is 5.69 Å². The Hall–Kier alpha value is -2.00. The highest BCUT2D eigenvalue weighted by Crippen LogP contribution is 2.25. The molecule has 0 spiro atoms. The van der Waals surface area contributed by atoms with E-state index in [1.165, 1.54) is 5.56 Å². The lowest BCUT2D eigenvalue weighted by atomic mass is 10.0. The fourth-order valence-corrected chi connectivity index (χ4v) is 2.20. The number of aliphatic hydroxyl groups excluding tert-OH is 1. The third-order valence-electron chi connectivity index (χ3n) is 3.40. The number of ether oxygens (including phenoxy) is 1. The molecule has 0 amide bonds. The van der Waals surface area contributed by atoms with Crippen molar-refractivity contribution in [1.82, 2.24) is 0 Å². The number of anilines is 1. The topological polar surface area (TPSA) is 41.5 Å². The maximum atomic E-state index is 9.62. The van der Waals surface area contributed by atoms with Crippen molar-refractivity contribution in [1.29, 1.82) is 0 Å². The SMILES string of the molecule is COc1ccc(C(CO)Nc2ccc(C)cc2)cc1C. The molecule has 0 aliphatic carbocycles. The Morgan fingerprint density at radius 1 is 1.10 bits per heavy atom. The van der Waals surface area contributed by atoms with Crippen molar-refractivity contribution in [2.45, 2.75) is 19.9 Å². The van der Waals surface area contributed by atoms with Crippen molar-refractivity contribution in [3.8, 4) is 5.75 Å². The molecule has 0 saturated carbocycles. The van der Waals surface area contributed by atoms with Crippen LogP contribution in [0.1, 0.15) is 22.7 Å². The zero-order chi connectivity index (χ0) is 14.5. The maximum Gasteiger partial charge on any atom is 0.121 e. The lowest BCUT2D eigenvalue weighted by Gasteiger charge is -2.19. The van der Waals surface area contributed by atoms with Gasteiger partial charge in [-0.3, -0.25) is 0 Å². The van der Waals surface area contributed by atoms with Crippen LogP contribution in [0.15, 0.2) is 42.5 Å². The average molecular weight is 271 g/mol. The summed E-state index contributed by atoms with van der Waals surface area (Å²) < 4.78 is 5.26. The van der Waals surface area contributed by atoms with E-state index in [-0.39, 0.29) is 12.6 Å². The van der Waals surface area contributed by atoms with E-state index >= 15 is 0 Å². The average Bonchev–Trinajstić information content (AvgIpc) is 2.46. The van der Waals surface area contributed by atoms with Crippen LogP contribution in [0, 0.1) is 13.8 Å². The molecule has 0 radical (unpaired) electrons. The van der Waals surface area contributed by atoms with E-state index in [0.29, 0.717) is 0 Å². The summed E-state index contributed by atoms with van der Waals surface area (Å²) in [6.45, 7) is 4.10. The van der Waals surface area contributed by atoms with Crippen LogP contribution in [0.3, 0.4) is 0 Å². The van der Waals surface area contributed by atoms with Gasteiger partial charge >= 0.3 is 0 Å². The van der Waals surface area contributed by atoms with E-state index in [4.69, 9.17) is 4.74 Å². The zero-order valence-corrected chi connectivity index (χ0v) is 12.2. The van der Waals surface area contributed by atoms with Gasteiger partial charge < -0.3 is 15.2 Å². The van der Waals surface area contributed by atoms with Crippen molar-refractivity contribution in [2.75, 3.05) is 19.0 Å². The summed E-state index contributed by atoms with van der Waals surface area (Å²) in [5.41, 5.74) is 4.33. The minimum Gasteiger partial charge on any atom is -0.496 e. The van der Waals surface area contributed by atoms with Crippen molar-refractivity contribution in [3.05, 3.63) is 59.2 Å². The number of aryl methyl sites for hydroxylation is 2. The minimum absolute atomic E-state index is 0.0413. The number of benzene rings is 2. The molecule has 3 nitrogen and oxygen atoms in total. The molecule has 20 heavy (non-hydrogen) atoms. The fourth-order valence-electron chi connectivity index (χ4n) is 2.20.